The standard InChI is InChI=1S/C23H21N3O5S/c27-19(16-12-18(24-13-16)22(29)26-8-1-2-9-26)14-31-23(30)15-5-3-6-17(11-15)25-21(28)20-7-4-10-32-20/h3-7,10-13,24H,1-2,8-9,14H2,(H,25,28). The number of Topliss-reactive ketones (excluding diaryl/α,β-unsaturated/α-hetero) is 1. The van der Waals surface area contributed by atoms with Crippen LogP contribution in [0.4, 0.5) is 5.69 Å². The molecule has 1 aliphatic rings. The summed E-state index contributed by atoms with van der Waals surface area (Å²) in [6, 6.07) is 11.3. The summed E-state index contributed by atoms with van der Waals surface area (Å²) < 4.78 is 5.14. The van der Waals surface area contributed by atoms with Gasteiger partial charge in [-0.15, -0.1) is 11.3 Å². The Morgan fingerprint density at radius 1 is 1.03 bits per heavy atom. The van der Waals surface area contributed by atoms with Crippen LogP contribution in [-0.2, 0) is 4.74 Å². The minimum Gasteiger partial charge on any atom is -0.454 e. The van der Waals surface area contributed by atoms with E-state index < -0.39 is 18.4 Å². The van der Waals surface area contributed by atoms with Gasteiger partial charge in [-0.25, -0.2) is 4.79 Å². The minimum atomic E-state index is -0.686. The van der Waals surface area contributed by atoms with Crippen LogP contribution in [0.25, 0.3) is 0 Å². The van der Waals surface area contributed by atoms with Crippen molar-refractivity contribution in [3.05, 3.63) is 75.7 Å². The lowest BCUT2D eigenvalue weighted by atomic mass is 10.2. The largest absolute Gasteiger partial charge is 0.454 e. The maximum Gasteiger partial charge on any atom is 0.338 e. The Balaban J connectivity index is 1.33. The third-order valence-electron chi connectivity index (χ3n) is 5.06. The second-order valence-electron chi connectivity index (χ2n) is 7.31. The van der Waals surface area contributed by atoms with Crippen molar-refractivity contribution in [1.29, 1.82) is 0 Å². The summed E-state index contributed by atoms with van der Waals surface area (Å²) in [5.41, 5.74) is 1.27. The average molecular weight is 452 g/mol. The molecule has 0 bridgehead atoms. The number of nitrogens with zero attached hydrogens (tertiary/aromatic N) is 1. The quantitative estimate of drug-likeness (QED) is 0.421. The van der Waals surface area contributed by atoms with Crippen LogP contribution in [-0.4, -0.2) is 53.1 Å². The predicted molar refractivity (Wildman–Crippen MR) is 119 cm³/mol. The van der Waals surface area contributed by atoms with E-state index in [4.69, 9.17) is 4.74 Å². The van der Waals surface area contributed by atoms with Crippen LogP contribution < -0.4 is 5.32 Å². The van der Waals surface area contributed by atoms with Crippen LogP contribution in [0.5, 0.6) is 0 Å². The van der Waals surface area contributed by atoms with Crippen molar-refractivity contribution in [2.45, 2.75) is 12.8 Å². The molecule has 0 aliphatic carbocycles. The summed E-state index contributed by atoms with van der Waals surface area (Å²) in [4.78, 5) is 54.5. The fourth-order valence-electron chi connectivity index (χ4n) is 3.39. The number of likely N-dealkylation sites (tertiary alicyclic amines) is 1. The monoisotopic (exact) mass is 451 g/mol. The molecule has 3 aromatic rings. The Morgan fingerprint density at radius 2 is 1.84 bits per heavy atom. The van der Waals surface area contributed by atoms with E-state index >= 15 is 0 Å². The summed E-state index contributed by atoms with van der Waals surface area (Å²) in [5.74, 6) is -1.51. The molecule has 2 aromatic heterocycles. The van der Waals surface area contributed by atoms with Crippen molar-refractivity contribution in [2.24, 2.45) is 0 Å². The molecule has 2 N–H and O–H groups in total. The fourth-order valence-corrected chi connectivity index (χ4v) is 4.01. The van der Waals surface area contributed by atoms with Crippen LogP contribution in [0, 0.1) is 0 Å². The van der Waals surface area contributed by atoms with Gasteiger partial charge in [0.25, 0.3) is 11.8 Å². The number of anilines is 1. The highest BCUT2D eigenvalue weighted by atomic mass is 32.1. The molecule has 2 amide bonds. The lowest BCUT2D eigenvalue weighted by Crippen LogP contribution is -2.27. The first-order valence-corrected chi connectivity index (χ1v) is 11.0. The Hall–Kier alpha value is -3.72. The molecule has 164 valence electrons. The van der Waals surface area contributed by atoms with Crippen molar-refractivity contribution < 1.29 is 23.9 Å². The van der Waals surface area contributed by atoms with Crippen LogP contribution in [0.3, 0.4) is 0 Å². The van der Waals surface area contributed by atoms with Gasteiger partial charge in [-0.05, 0) is 48.6 Å². The van der Waals surface area contributed by atoms with E-state index in [-0.39, 0.29) is 22.9 Å². The smallest absolute Gasteiger partial charge is 0.338 e. The van der Waals surface area contributed by atoms with E-state index in [9.17, 15) is 19.2 Å². The Morgan fingerprint density at radius 3 is 2.59 bits per heavy atom. The molecule has 1 aromatic carbocycles. The molecule has 32 heavy (non-hydrogen) atoms. The van der Waals surface area contributed by atoms with E-state index in [0.717, 1.165) is 12.8 Å². The van der Waals surface area contributed by atoms with Gasteiger partial charge < -0.3 is 19.9 Å². The van der Waals surface area contributed by atoms with Crippen molar-refractivity contribution in [1.82, 2.24) is 9.88 Å². The van der Waals surface area contributed by atoms with Crippen LogP contribution in [0.1, 0.15) is 53.7 Å². The van der Waals surface area contributed by atoms with Gasteiger partial charge in [0.1, 0.15) is 5.69 Å². The number of rotatable bonds is 7. The number of esters is 1. The van der Waals surface area contributed by atoms with Crippen molar-refractivity contribution in [3.63, 3.8) is 0 Å². The molecular weight excluding hydrogens is 430 g/mol. The molecular formula is C23H21N3O5S. The Bertz CT molecular complexity index is 1150. The van der Waals surface area contributed by atoms with E-state index in [1.165, 1.54) is 35.7 Å². The fraction of sp³-hybridized carbons (Fsp3) is 0.217. The number of carbonyl (C=O) groups excluding carboxylic acids is 4. The Labute approximate surface area is 188 Å². The lowest BCUT2D eigenvalue weighted by molar-refractivity contribution is 0.0474. The first-order chi connectivity index (χ1) is 15.5. The van der Waals surface area contributed by atoms with Gasteiger partial charge in [0.2, 0.25) is 5.78 Å². The number of ether oxygens (including phenoxy) is 1. The topological polar surface area (TPSA) is 109 Å². The number of aromatic nitrogens is 1. The molecule has 1 saturated heterocycles. The average Bonchev–Trinajstić information content (AvgIpc) is 3.59. The SMILES string of the molecule is O=C(COC(=O)c1cccc(NC(=O)c2cccs2)c1)c1c[nH]c(C(=O)N2CCCC2)c1. The van der Waals surface area contributed by atoms with Gasteiger partial charge in [-0.3, -0.25) is 14.4 Å². The molecule has 0 atom stereocenters. The van der Waals surface area contributed by atoms with Crippen molar-refractivity contribution in [3.8, 4) is 0 Å². The number of thiophene rings is 1. The second kappa shape index (κ2) is 9.61. The van der Waals surface area contributed by atoms with Crippen molar-refractivity contribution in [2.75, 3.05) is 25.0 Å². The normalized spacial score (nSPS) is 13.1. The second-order valence-corrected chi connectivity index (χ2v) is 8.26. The number of amides is 2. The van der Waals surface area contributed by atoms with Gasteiger partial charge in [0.05, 0.1) is 10.4 Å². The first-order valence-electron chi connectivity index (χ1n) is 10.1. The molecule has 0 saturated carbocycles. The summed E-state index contributed by atoms with van der Waals surface area (Å²) in [5, 5.41) is 4.52. The zero-order valence-electron chi connectivity index (χ0n) is 17.1. The number of benzene rings is 1. The van der Waals surface area contributed by atoms with Gasteiger partial charge >= 0.3 is 5.97 Å². The van der Waals surface area contributed by atoms with Gasteiger partial charge in [0.15, 0.2) is 6.61 Å². The molecule has 1 fully saturated rings. The maximum atomic E-state index is 12.4. The number of carbonyl (C=O) groups is 4. The molecule has 8 nitrogen and oxygen atoms in total. The molecule has 9 heteroatoms. The Kier molecular flexibility index (Phi) is 6.46. The highest BCUT2D eigenvalue weighted by molar-refractivity contribution is 7.12. The van der Waals surface area contributed by atoms with E-state index in [1.54, 1.807) is 34.5 Å². The summed E-state index contributed by atoms with van der Waals surface area (Å²) in [6.45, 7) is 0.969. The van der Waals surface area contributed by atoms with Crippen molar-refractivity contribution >= 4 is 40.6 Å². The molecule has 0 unspecified atom stereocenters. The number of ketones is 1. The summed E-state index contributed by atoms with van der Waals surface area (Å²) in [7, 11) is 0. The molecule has 0 spiro atoms. The van der Waals surface area contributed by atoms with Gasteiger partial charge in [0, 0.05) is 30.5 Å². The molecule has 0 radical (unpaired) electrons. The van der Waals surface area contributed by atoms with E-state index in [0.29, 0.717) is 29.3 Å². The third-order valence-corrected chi connectivity index (χ3v) is 5.93. The lowest BCUT2D eigenvalue weighted by Gasteiger charge is -2.13. The minimum absolute atomic E-state index is 0.139. The third kappa shape index (κ3) is 4.94. The summed E-state index contributed by atoms with van der Waals surface area (Å²) >= 11 is 1.31. The number of hydrogen-bond donors (Lipinski definition) is 2. The summed E-state index contributed by atoms with van der Waals surface area (Å²) in [6.07, 6.45) is 3.40. The van der Waals surface area contributed by atoms with Crippen LogP contribution in [0.2, 0.25) is 0 Å². The first kappa shape index (κ1) is 21.5. The molecule has 1 aliphatic heterocycles. The predicted octanol–water partition coefficient (Wildman–Crippen LogP) is 3.60. The number of H-pyrrole nitrogens is 1. The number of aromatic amines is 1. The van der Waals surface area contributed by atoms with E-state index in [1.807, 2.05) is 0 Å². The number of nitrogens with one attached hydrogen (secondary N) is 2. The zero-order chi connectivity index (χ0) is 22.5. The molecule has 3 heterocycles. The zero-order valence-corrected chi connectivity index (χ0v) is 17.9. The number of hydrogen-bond acceptors (Lipinski definition) is 6. The molecule has 4 rings (SSSR count). The van der Waals surface area contributed by atoms with Crippen LogP contribution >= 0.6 is 11.3 Å². The van der Waals surface area contributed by atoms with E-state index in [2.05, 4.69) is 10.3 Å². The van der Waals surface area contributed by atoms with Crippen LogP contribution in [0.15, 0.2) is 54.0 Å². The van der Waals surface area contributed by atoms with Gasteiger partial charge in [-0.2, -0.15) is 0 Å². The highest BCUT2D eigenvalue weighted by Crippen LogP contribution is 2.16. The highest BCUT2D eigenvalue weighted by Gasteiger charge is 2.22. The van der Waals surface area contributed by atoms with Gasteiger partial charge in [-0.1, -0.05) is 12.1 Å². The maximum absolute atomic E-state index is 12.4.